The Morgan fingerprint density at radius 2 is 2.13 bits per heavy atom. The average molecular weight is 215 g/mol. The molecule has 0 aliphatic carbocycles. The molecule has 0 bridgehead atoms. The van der Waals surface area contributed by atoms with Crippen LogP contribution in [0.1, 0.15) is 26.2 Å². The molecule has 0 aromatic carbocycles. The second-order valence-electron chi connectivity index (χ2n) is 4.28. The summed E-state index contributed by atoms with van der Waals surface area (Å²) in [7, 11) is 1.74. The van der Waals surface area contributed by atoms with Gasteiger partial charge in [-0.25, -0.2) is 0 Å². The molecule has 1 unspecified atom stereocenters. The number of carbonyl (C=O) groups is 1. The minimum Gasteiger partial charge on any atom is -0.384 e. The third-order valence-corrected chi connectivity index (χ3v) is 2.95. The van der Waals surface area contributed by atoms with Gasteiger partial charge in [0.1, 0.15) is 6.10 Å². The molecule has 0 aromatic heterocycles. The van der Waals surface area contributed by atoms with E-state index >= 15 is 0 Å². The fourth-order valence-corrected chi connectivity index (χ4v) is 1.84. The highest BCUT2D eigenvalue weighted by Gasteiger charge is 2.18. The Morgan fingerprint density at radius 3 is 2.67 bits per heavy atom. The molecule has 15 heavy (non-hydrogen) atoms. The quantitative estimate of drug-likeness (QED) is 0.749. The third kappa shape index (κ3) is 4.18. The van der Waals surface area contributed by atoms with E-state index in [2.05, 4.69) is 0 Å². The van der Waals surface area contributed by atoms with Gasteiger partial charge in [0.2, 0.25) is 0 Å². The highest BCUT2D eigenvalue weighted by molar-refractivity contribution is 5.79. The Labute approximate surface area is 91.2 Å². The normalized spacial score (nSPS) is 19.9. The van der Waals surface area contributed by atoms with Gasteiger partial charge in [-0.1, -0.05) is 0 Å². The number of amides is 1. The molecule has 88 valence electrons. The predicted octanol–water partition coefficient (Wildman–Crippen LogP) is 0.642. The molecule has 4 heteroatoms. The Kier molecular flexibility index (Phi) is 5.05. The fraction of sp³-hybridized carbons (Fsp3) is 0.909. The molecular formula is C11H21NO3. The van der Waals surface area contributed by atoms with E-state index < -0.39 is 6.10 Å². The molecule has 1 amide bonds. The standard InChI is InChI=1S/C11H21NO3/c1-9(13)11(14)12(2)6-3-10-4-7-15-8-5-10/h9-10,13H,3-8H2,1-2H3. The lowest BCUT2D eigenvalue weighted by Crippen LogP contribution is -2.36. The molecule has 4 nitrogen and oxygen atoms in total. The molecule has 1 aliphatic rings. The first-order chi connectivity index (χ1) is 7.11. The Morgan fingerprint density at radius 1 is 1.53 bits per heavy atom. The minimum atomic E-state index is -0.885. The molecule has 1 N–H and O–H groups in total. The summed E-state index contributed by atoms with van der Waals surface area (Å²) in [5.41, 5.74) is 0. The fourth-order valence-electron chi connectivity index (χ4n) is 1.84. The third-order valence-electron chi connectivity index (χ3n) is 2.95. The van der Waals surface area contributed by atoms with Crippen molar-refractivity contribution in [3.63, 3.8) is 0 Å². The van der Waals surface area contributed by atoms with E-state index in [-0.39, 0.29) is 5.91 Å². The van der Waals surface area contributed by atoms with Crippen LogP contribution in [0.5, 0.6) is 0 Å². The molecular weight excluding hydrogens is 194 g/mol. The van der Waals surface area contributed by atoms with E-state index in [0.717, 1.165) is 39.0 Å². The first kappa shape index (κ1) is 12.5. The van der Waals surface area contributed by atoms with E-state index in [9.17, 15) is 4.79 Å². The van der Waals surface area contributed by atoms with Crippen molar-refractivity contribution in [2.45, 2.75) is 32.3 Å². The lowest BCUT2D eigenvalue weighted by molar-refractivity contribution is -0.138. The topological polar surface area (TPSA) is 49.8 Å². The molecule has 1 aliphatic heterocycles. The molecule has 0 aromatic rings. The molecule has 1 saturated heterocycles. The summed E-state index contributed by atoms with van der Waals surface area (Å²) in [5.74, 6) is 0.477. The van der Waals surface area contributed by atoms with Crippen LogP contribution in [0.2, 0.25) is 0 Å². The highest BCUT2D eigenvalue weighted by Crippen LogP contribution is 2.18. The van der Waals surface area contributed by atoms with Gasteiger partial charge < -0.3 is 14.7 Å². The van der Waals surface area contributed by atoms with Gasteiger partial charge in [-0.2, -0.15) is 0 Å². The van der Waals surface area contributed by atoms with Crippen molar-refractivity contribution < 1.29 is 14.6 Å². The first-order valence-electron chi connectivity index (χ1n) is 5.62. The Balaban J connectivity index is 2.20. The van der Waals surface area contributed by atoms with Crippen LogP contribution in [0.4, 0.5) is 0 Å². The van der Waals surface area contributed by atoms with E-state index in [0.29, 0.717) is 5.92 Å². The maximum absolute atomic E-state index is 11.4. The van der Waals surface area contributed by atoms with Crippen molar-refractivity contribution in [2.24, 2.45) is 5.92 Å². The molecule has 0 radical (unpaired) electrons. The van der Waals surface area contributed by atoms with Crippen LogP contribution in [0.15, 0.2) is 0 Å². The van der Waals surface area contributed by atoms with E-state index in [1.807, 2.05) is 0 Å². The van der Waals surface area contributed by atoms with Crippen LogP contribution in [0.3, 0.4) is 0 Å². The van der Waals surface area contributed by atoms with Gasteiger partial charge in [0.15, 0.2) is 0 Å². The van der Waals surface area contributed by atoms with Crippen LogP contribution in [0, 0.1) is 5.92 Å². The predicted molar refractivity (Wildman–Crippen MR) is 57.5 cm³/mol. The largest absolute Gasteiger partial charge is 0.384 e. The number of rotatable bonds is 4. The number of aliphatic hydroxyl groups is 1. The number of hydrogen-bond acceptors (Lipinski definition) is 3. The summed E-state index contributed by atoms with van der Waals surface area (Å²) < 4.78 is 5.27. The highest BCUT2D eigenvalue weighted by atomic mass is 16.5. The van der Waals surface area contributed by atoms with Gasteiger partial charge in [0.05, 0.1) is 0 Å². The summed E-state index contributed by atoms with van der Waals surface area (Å²) in [4.78, 5) is 13.0. The Hall–Kier alpha value is -0.610. The lowest BCUT2D eigenvalue weighted by Gasteiger charge is -2.25. The van der Waals surface area contributed by atoms with Crippen LogP contribution in [-0.4, -0.2) is 48.8 Å². The molecule has 1 fully saturated rings. The van der Waals surface area contributed by atoms with Gasteiger partial charge in [0.25, 0.3) is 5.91 Å². The minimum absolute atomic E-state index is 0.193. The zero-order valence-corrected chi connectivity index (χ0v) is 9.61. The van der Waals surface area contributed by atoms with Gasteiger partial charge in [-0.15, -0.1) is 0 Å². The molecule has 0 spiro atoms. The number of ether oxygens (including phenoxy) is 1. The van der Waals surface area contributed by atoms with Crippen molar-refractivity contribution in [3.8, 4) is 0 Å². The summed E-state index contributed by atoms with van der Waals surface area (Å²) in [5, 5.41) is 9.12. The lowest BCUT2D eigenvalue weighted by atomic mass is 9.96. The van der Waals surface area contributed by atoms with Gasteiger partial charge >= 0.3 is 0 Å². The number of hydrogen-bond donors (Lipinski definition) is 1. The van der Waals surface area contributed by atoms with E-state index in [1.54, 1.807) is 11.9 Å². The van der Waals surface area contributed by atoms with Crippen LogP contribution in [-0.2, 0) is 9.53 Å². The summed E-state index contributed by atoms with van der Waals surface area (Å²) >= 11 is 0. The zero-order chi connectivity index (χ0) is 11.3. The van der Waals surface area contributed by atoms with Crippen molar-refractivity contribution in [1.29, 1.82) is 0 Å². The van der Waals surface area contributed by atoms with Crippen LogP contribution >= 0.6 is 0 Å². The molecule has 1 rings (SSSR count). The SMILES string of the molecule is CC(O)C(=O)N(C)CCC1CCOCC1. The van der Waals surface area contributed by atoms with Gasteiger partial charge in [-0.05, 0) is 32.1 Å². The van der Waals surface area contributed by atoms with Crippen molar-refractivity contribution >= 4 is 5.91 Å². The van der Waals surface area contributed by atoms with Crippen molar-refractivity contribution in [1.82, 2.24) is 4.90 Å². The maximum atomic E-state index is 11.4. The first-order valence-corrected chi connectivity index (χ1v) is 5.62. The van der Waals surface area contributed by atoms with Gasteiger partial charge in [0, 0.05) is 26.8 Å². The monoisotopic (exact) mass is 215 g/mol. The molecule has 1 atom stereocenters. The summed E-state index contributed by atoms with van der Waals surface area (Å²) in [6.45, 7) is 3.93. The molecule has 1 heterocycles. The van der Waals surface area contributed by atoms with Crippen molar-refractivity contribution in [2.75, 3.05) is 26.8 Å². The smallest absolute Gasteiger partial charge is 0.250 e. The number of nitrogens with zero attached hydrogens (tertiary/aromatic N) is 1. The number of likely N-dealkylation sites (N-methyl/N-ethyl adjacent to an activating group) is 1. The second-order valence-corrected chi connectivity index (χ2v) is 4.28. The number of aliphatic hydroxyl groups excluding tert-OH is 1. The zero-order valence-electron chi connectivity index (χ0n) is 9.61. The molecule has 0 saturated carbocycles. The van der Waals surface area contributed by atoms with E-state index in [4.69, 9.17) is 9.84 Å². The van der Waals surface area contributed by atoms with E-state index in [1.165, 1.54) is 6.92 Å². The van der Waals surface area contributed by atoms with Crippen molar-refractivity contribution in [3.05, 3.63) is 0 Å². The summed E-state index contributed by atoms with van der Waals surface area (Å²) in [6.07, 6.45) is 2.32. The second kappa shape index (κ2) is 6.08. The number of carbonyl (C=O) groups excluding carboxylic acids is 1. The van der Waals surface area contributed by atoms with Gasteiger partial charge in [-0.3, -0.25) is 4.79 Å². The Bertz CT molecular complexity index is 200. The van der Waals surface area contributed by atoms with Crippen LogP contribution in [0.25, 0.3) is 0 Å². The average Bonchev–Trinajstić information content (AvgIpc) is 2.26. The maximum Gasteiger partial charge on any atom is 0.250 e. The van der Waals surface area contributed by atoms with Crippen LogP contribution < -0.4 is 0 Å². The summed E-state index contributed by atoms with van der Waals surface area (Å²) in [6, 6.07) is 0.